The highest BCUT2D eigenvalue weighted by molar-refractivity contribution is 9.09. The summed E-state index contributed by atoms with van der Waals surface area (Å²) in [5.41, 5.74) is 0. The maximum absolute atomic E-state index is 12.1. The van der Waals surface area contributed by atoms with E-state index < -0.39 is 0 Å². The van der Waals surface area contributed by atoms with Crippen molar-refractivity contribution in [3.05, 3.63) is 0 Å². The van der Waals surface area contributed by atoms with E-state index in [0.29, 0.717) is 5.91 Å². The third-order valence-corrected chi connectivity index (χ3v) is 4.92. The standard InChI is InChI=1S/C15H27BrN2O2/c16-6-2-1-3-15(19)18-7-4-14(5-8-18)13-17-9-11-20-12-10-17/h14H,1-13H2. The van der Waals surface area contributed by atoms with Crippen LogP contribution in [0.1, 0.15) is 32.1 Å². The zero-order valence-electron chi connectivity index (χ0n) is 12.4. The Bertz CT molecular complexity index is 288. The first-order chi connectivity index (χ1) is 9.79. The number of piperidine rings is 1. The molecule has 4 nitrogen and oxygen atoms in total. The lowest BCUT2D eigenvalue weighted by atomic mass is 9.95. The molecule has 116 valence electrons. The van der Waals surface area contributed by atoms with Gasteiger partial charge in [-0.2, -0.15) is 0 Å². The Hall–Kier alpha value is -0.130. The molecule has 2 fully saturated rings. The Balaban J connectivity index is 1.62. The van der Waals surface area contributed by atoms with E-state index in [-0.39, 0.29) is 0 Å². The van der Waals surface area contributed by atoms with Crippen LogP contribution in [0.2, 0.25) is 0 Å². The van der Waals surface area contributed by atoms with Gasteiger partial charge in [0.2, 0.25) is 5.91 Å². The Kier molecular flexibility index (Phi) is 7.31. The lowest BCUT2D eigenvalue weighted by Crippen LogP contribution is -2.44. The molecule has 2 saturated heterocycles. The van der Waals surface area contributed by atoms with Crippen LogP contribution in [0.5, 0.6) is 0 Å². The van der Waals surface area contributed by atoms with E-state index >= 15 is 0 Å². The highest BCUT2D eigenvalue weighted by Crippen LogP contribution is 2.20. The van der Waals surface area contributed by atoms with Crippen LogP contribution in [0, 0.1) is 5.92 Å². The fourth-order valence-corrected chi connectivity index (χ4v) is 3.44. The van der Waals surface area contributed by atoms with E-state index in [2.05, 4.69) is 25.7 Å². The quantitative estimate of drug-likeness (QED) is 0.545. The fourth-order valence-electron chi connectivity index (χ4n) is 3.04. The van der Waals surface area contributed by atoms with Crippen molar-refractivity contribution in [3.63, 3.8) is 0 Å². The number of hydrogen-bond donors (Lipinski definition) is 0. The van der Waals surface area contributed by atoms with Gasteiger partial charge in [0.15, 0.2) is 0 Å². The van der Waals surface area contributed by atoms with Crippen LogP contribution in [0.3, 0.4) is 0 Å². The maximum atomic E-state index is 12.1. The highest BCUT2D eigenvalue weighted by atomic mass is 79.9. The minimum Gasteiger partial charge on any atom is -0.379 e. The number of morpholine rings is 1. The molecule has 0 aromatic rings. The predicted molar refractivity (Wildman–Crippen MR) is 84.2 cm³/mol. The first-order valence-electron chi connectivity index (χ1n) is 7.93. The number of carbonyl (C=O) groups excluding carboxylic acids is 1. The molecule has 0 N–H and O–H groups in total. The molecule has 0 unspecified atom stereocenters. The Morgan fingerprint density at radius 1 is 1.10 bits per heavy atom. The Morgan fingerprint density at radius 3 is 2.45 bits per heavy atom. The van der Waals surface area contributed by atoms with Gasteiger partial charge >= 0.3 is 0 Å². The molecular formula is C15H27BrN2O2. The highest BCUT2D eigenvalue weighted by Gasteiger charge is 2.24. The molecule has 2 heterocycles. The second-order valence-electron chi connectivity index (χ2n) is 5.88. The van der Waals surface area contributed by atoms with Crippen molar-refractivity contribution >= 4 is 21.8 Å². The topological polar surface area (TPSA) is 32.8 Å². The molecule has 20 heavy (non-hydrogen) atoms. The van der Waals surface area contributed by atoms with Gasteiger partial charge in [0.25, 0.3) is 0 Å². The SMILES string of the molecule is O=C(CCCCBr)N1CCC(CN2CCOCC2)CC1. The lowest BCUT2D eigenvalue weighted by molar-refractivity contribution is -0.132. The van der Waals surface area contributed by atoms with Crippen molar-refractivity contribution < 1.29 is 9.53 Å². The van der Waals surface area contributed by atoms with Gasteiger partial charge in [-0.05, 0) is 31.6 Å². The molecule has 0 radical (unpaired) electrons. The molecule has 5 heteroatoms. The molecule has 0 atom stereocenters. The molecule has 0 spiro atoms. The summed E-state index contributed by atoms with van der Waals surface area (Å²) in [7, 11) is 0. The van der Waals surface area contributed by atoms with Gasteiger partial charge < -0.3 is 9.64 Å². The summed E-state index contributed by atoms with van der Waals surface area (Å²) < 4.78 is 5.39. The third-order valence-electron chi connectivity index (χ3n) is 4.36. The lowest BCUT2D eigenvalue weighted by Gasteiger charge is -2.36. The summed E-state index contributed by atoms with van der Waals surface area (Å²) in [6, 6.07) is 0. The Morgan fingerprint density at radius 2 is 1.80 bits per heavy atom. The second kappa shape index (κ2) is 9.00. The molecule has 1 amide bonds. The van der Waals surface area contributed by atoms with Gasteiger partial charge in [0, 0.05) is 44.5 Å². The number of unbranched alkanes of at least 4 members (excludes halogenated alkanes) is 1. The van der Waals surface area contributed by atoms with Crippen LogP contribution in [-0.4, -0.2) is 67.0 Å². The van der Waals surface area contributed by atoms with Crippen molar-refractivity contribution in [2.75, 3.05) is 51.3 Å². The summed E-state index contributed by atoms with van der Waals surface area (Å²) in [6.07, 6.45) is 5.17. The predicted octanol–water partition coefficient (Wildman–Crippen LogP) is 2.12. The van der Waals surface area contributed by atoms with Crippen LogP contribution in [0.25, 0.3) is 0 Å². The summed E-state index contributed by atoms with van der Waals surface area (Å²) in [5.74, 6) is 1.12. The van der Waals surface area contributed by atoms with Crippen LogP contribution in [0.15, 0.2) is 0 Å². The Labute approximate surface area is 130 Å². The number of hydrogen-bond acceptors (Lipinski definition) is 3. The first-order valence-corrected chi connectivity index (χ1v) is 9.05. The normalized spacial score (nSPS) is 22.1. The van der Waals surface area contributed by atoms with Crippen molar-refractivity contribution in [1.29, 1.82) is 0 Å². The van der Waals surface area contributed by atoms with Gasteiger partial charge in [-0.25, -0.2) is 0 Å². The number of nitrogens with zero attached hydrogens (tertiary/aromatic N) is 2. The largest absolute Gasteiger partial charge is 0.379 e. The maximum Gasteiger partial charge on any atom is 0.222 e. The number of likely N-dealkylation sites (tertiary alicyclic amines) is 1. The average molecular weight is 347 g/mol. The molecule has 2 aliphatic rings. The van der Waals surface area contributed by atoms with Gasteiger partial charge in [-0.3, -0.25) is 9.69 Å². The molecule has 0 aliphatic carbocycles. The number of carbonyl (C=O) groups is 1. The molecule has 0 bridgehead atoms. The number of halogens is 1. The first kappa shape index (κ1) is 16.2. The minimum absolute atomic E-state index is 0.357. The van der Waals surface area contributed by atoms with E-state index in [1.165, 1.54) is 19.4 Å². The van der Waals surface area contributed by atoms with E-state index in [1.54, 1.807) is 0 Å². The fraction of sp³-hybridized carbons (Fsp3) is 0.933. The van der Waals surface area contributed by atoms with Crippen molar-refractivity contribution in [2.24, 2.45) is 5.92 Å². The number of amides is 1. The van der Waals surface area contributed by atoms with Gasteiger partial charge in [-0.15, -0.1) is 0 Å². The summed E-state index contributed by atoms with van der Waals surface area (Å²) >= 11 is 3.41. The summed E-state index contributed by atoms with van der Waals surface area (Å²) in [6.45, 7) is 7.02. The zero-order valence-corrected chi connectivity index (χ0v) is 13.9. The van der Waals surface area contributed by atoms with E-state index in [4.69, 9.17) is 4.74 Å². The van der Waals surface area contributed by atoms with Gasteiger partial charge in [0.05, 0.1) is 13.2 Å². The molecular weight excluding hydrogens is 320 g/mol. The van der Waals surface area contributed by atoms with E-state index in [1.807, 2.05) is 0 Å². The van der Waals surface area contributed by atoms with Crippen molar-refractivity contribution in [2.45, 2.75) is 32.1 Å². The minimum atomic E-state index is 0.357. The molecule has 2 aliphatic heterocycles. The van der Waals surface area contributed by atoms with Gasteiger partial charge in [0.1, 0.15) is 0 Å². The number of alkyl halides is 1. The molecule has 0 aromatic heterocycles. The van der Waals surface area contributed by atoms with Crippen LogP contribution >= 0.6 is 15.9 Å². The van der Waals surface area contributed by atoms with Crippen LogP contribution in [0.4, 0.5) is 0 Å². The monoisotopic (exact) mass is 346 g/mol. The second-order valence-corrected chi connectivity index (χ2v) is 6.68. The molecule has 2 rings (SSSR count). The summed E-state index contributed by atoms with van der Waals surface area (Å²) in [5, 5.41) is 1.00. The van der Waals surface area contributed by atoms with Gasteiger partial charge in [-0.1, -0.05) is 15.9 Å². The average Bonchev–Trinajstić information content (AvgIpc) is 2.49. The number of ether oxygens (including phenoxy) is 1. The van der Waals surface area contributed by atoms with Crippen molar-refractivity contribution in [3.8, 4) is 0 Å². The van der Waals surface area contributed by atoms with Crippen molar-refractivity contribution in [1.82, 2.24) is 9.80 Å². The van der Waals surface area contributed by atoms with Crippen LogP contribution < -0.4 is 0 Å². The smallest absolute Gasteiger partial charge is 0.222 e. The van der Waals surface area contributed by atoms with Crippen LogP contribution in [-0.2, 0) is 9.53 Å². The molecule has 0 saturated carbocycles. The zero-order chi connectivity index (χ0) is 14.2. The number of rotatable bonds is 6. The summed E-state index contributed by atoms with van der Waals surface area (Å²) in [4.78, 5) is 16.6. The molecule has 0 aromatic carbocycles. The van der Waals surface area contributed by atoms with E-state index in [0.717, 1.165) is 69.9 Å². The van der Waals surface area contributed by atoms with E-state index in [9.17, 15) is 4.79 Å². The third kappa shape index (κ3) is 5.34.